The fraction of sp³-hybridized carbons (Fsp3) is 0.500. The highest BCUT2D eigenvalue weighted by atomic mass is 35.5. The Morgan fingerprint density at radius 2 is 1.95 bits per heavy atom. The lowest BCUT2D eigenvalue weighted by molar-refractivity contribution is -0.151. The Morgan fingerprint density at radius 1 is 1.30 bits per heavy atom. The molecule has 0 atom stereocenters. The molecule has 2 rings (SSSR count). The molecule has 0 aromatic heterocycles. The van der Waals surface area contributed by atoms with E-state index < -0.39 is 5.41 Å². The first-order valence-corrected chi connectivity index (χ1v) is 7.19. The summed E-state index contributed by atoms with van der Waals surface area (Å²) in [6.45, 7) is 3.79. The molecule has 0 aliphatic carbocycles. The van der Waals surface area contributed by atoms with Gasteiger partial charge in [-0.2, -0.15) is 0 Å². The standard InChI is InChI=1S/C14H17Cl2NO2.ClH/c1-2-19-13(18)14(5-7-17-8-6-14)10-3-4-11(15)12(16)9-10;/h3-4,9,17H,2,5-8H2,1H3;1H. The molecule has 1 N–H and O–H groups in total. The van der Waals surface area contributed by atoms with Crippen LogP contribution in [0.15, 0.2) is 18.2 Å². The maximum Gasteiger partial charge on any atom is 0.316 e. The van der Waals surface area contributed by atoms with Gasteiger partial charge in [0.05, 0.1) is 22.1 Å². The molecule has 0 radical (unpaired) electrons. The van der Waals surface area contributed by atoms with E-state index in [-0.39, 0.29) is 18.4 Å². The quantitative estimate of drug-likeness (QED) is 0.856. The molecule has 1 aliphatic rings. The van der Waals surface area contributed by atoms with E-state index in [0.717, 1.165) is 18.7 Å². The van der Waals surface area contributed by atoms with Gasteiger partial charge in [0, 0.05) is 0 Å². The zero-order chi connectivity index (χ0) is 13.9. The van der Waals surface area contributed by atoms with Gasteiger partial charge in [-0.25, -0.2) is 0 Å². The number of ether oxygens (including phenoxy) is 1. The van der Waals surface area contributed by atoms with Gasteiger partial charge in [0.1, 0.15) is 0 Å². The summed E-state index contributed by atoms with van der Waals surface area (Å²) < 4.78 is 5.27. The van der Waals surface area contributed by atoms with Crippen LogP contribution in [-0.4, -0.2) is 25.7 Å². The van der Waals surface area contributed by atoms with Crippen molar-refractivity contribution in [1.29, 1.82) is 0 Å². The van der Waals surface area contributed by atoms with Crippen molar-refractivity contribution in [3.05, 3.63) is 33.8 Å². The molecule has 0 saturated carbocycles. The van der Waals surface area contributed by atoms with Crippen LogP contribution < -0.4 is 5.32 Å². The van der Waals surface area contributed by atoms with Crippen LogP contribution in [0.1, 0.15) is 25.3 Å². The first-order chi connectivity index (χ1) is 9.10. The van der Waals surface area contributed by atoms with E-state index in [1.165, 1.54) is 0 Å². The molecule has 0 unspecified atom stereocenters. The van der Waals surface area contributed by atoms with Gasteiger partial charge in [0.15, 0.2) is 0 Å². The molecule has 20 heavy (non-hydrogen) atoms. The normalized spacial score (nSPS) is 17.1. The van der Waals surface area contributed by atoms with E-state index in [1.54, 1.807) is 12.1 Å². The first-order valence-electron chi connectivity index (χ1n) is 6.43. The number of piperidine rings is 1. The smallest absolute Gasteiger partial charge is 0.316 e. The third kappa shape index (κ3) is 3.40. The fourth-order valence-corrected chi connectivity index (χ4v) is 2.83. The van der Waals surface area contributed by atoms with Crippen LogP contribution in [0.2, 0.25) is 10.0 Å². The van der Waals surface area contributed by atoms with Crippen molar-refractivity contribution in [3.63, 3.8) is 0 Å². The van der Waals surface area contributed by atoms with Gasteiger partial charge in [-0.3, -0.25) is 4.79 Å². The predicted octanol–water partition coefficient (Wildman–Crippen LogP) is 3.60. The summed E-state index contributed by atoms with van der Waals surface area (Å²) in [5, 5.41) is 4.24. The second kappa shape index (κ2) is 7.51. The number of carbonyl (C=O) groups excluding carboxylic acids is 1. The zero-order valence-electron chi connectivity index (χ0n) is 11.2. The Labute approximate surface area is 135 Å². The van der Waals surface area contributed by atoms with Gasteiger partial charge >= 0.3 is 5.97 Å². The zero-order valence-corrected chi connectivity index (χ0v) is 13.6. The van der Waals surface area contributed by atoms with Crippen LogP contribution in [-0.2, 0) is 14.9 Å². The number of halogens is 3. The number of nitrogens with one attached hydrogen (secondary N) is 1. The molecular formula is C14H18Cl3NO2. The molecule has 1 aromatic carbocycles. The summed E-state index contributed by atoms with van der Waals surface area (Å²) >= 11 is 12.0. The molecular weight excluding hydrogens is 321 g/mol. The van der Waals surface area contributed by atoms with Crippen molar-refractivity contribution < 1.29 is 9.53 Å². The minimum Gasteiger partial charge on any atom is -0.465 e. The van der Waals surface area contributed by atoms with Gasteiger partial charge in [-0.05, 0) is 50.6 Å². The average molecular weight is 339 g/mol. The van der Waals surface area contributed by atoms with Gasteiger partial charge in [0.25, 0.3) is 0 Å². The Hall–Kier alpha value is -0.480. The number of hydrogen-bond acceptors (Lipinski definition) is 3. The lowest BCUT2D eigenvalue weighted by atomic mass is 9.73. The summed E-state index contributed by atoms with van der Waals surface area (Å²) in [7, 11) is 0. The summed E-state index contributed by atoms with van der Waals surface area (Å²) in [5.41, 5.74) is 0.289. The van der Waals surface area contributed by atoms with Crippen molar-refractivity contribution in [2.45, 2.75) is 25.2 Å². The van der Waals surface area contributed by atoms with E-state index >= 15 is 0 Å². The van der Waals surface area contributed by atoms with Crippen LogP contribution in [0.3, 0.4) is 0 Å². The second-order valence-corrected chi connectivity index (χ2v) is 5.50. The molecule has 6 heteroatoms. The highest BCUT2D eigenvalue weighted by molar-refractivity contribution is 6.42. The fourth-order valence-electron chi connectivity index (χ4n) is 2.53. The SMILES string of the molecule is CCOC(=O)C1(c2ccc(Cl)c(Cl)c2)CCNCC1.Cl. The highest BCUT2D eigenvalue weighted by Crippen LogP contribution is 2.37. The first kappa shape index (κ1) is 17.6. The number of hydrogen-bond donors (Lipinski definition) is 1. The molecule has 0 spiro atoms. The van der Waals surface area contributed by atoms with Gasteiger partial charge in [-0.1, -0.05) is 29.3 Å². The van der Waals surface area contributed by atoms with Crippen molar-refractivity contribution in [1.82, 2.24) is 5.32 Å². The summed E-state index contributed by atoms with van der Waals surface area (Å²) in [6, 6.07) is 5.39. The van der Waals surface area contributed by atoms with E-state index in [4.69, 9.17) is 27.9 Å². The van der Waals surface area contributed by atoms with Crippen molar-refractivity contribution in [3.8, 4) is 0 Å². The third-order valence-electron chi connectivity index (χ3n) is 3.60. The molecule has 0 amide bonds. The number of rotatable bonds is 3. The van der Waals surface area contributed by atoms with Crippen molar-refractivity contribution in [2.24, 2.45) is 0 Å². The van der Waals surface area contributed by atoms with Gasteiger partial charge < -0.3 is 10.1 Å². The third-order valence-corrected chi connectivity index (χ3v) is 4.33. The topological polar surface area (TPSA) is 38.3 Å². The number of esters is 1. The molecule has 1 aliphatic heterocycles. The highest BCUT2D eigenvalue weighted by Gasteiger charge is 2.42. The monoisotopic (exact) mass is 337 g/mol. The maximum absolute atomic E-state index is 12.4. The Bertz CT molecular complexity index is 473. The molecule has 3 nitrogen and oxygen atoms in total. The van der Waals surface area contributed by atoms with Crippen LogP contribution in [0.5, 0.6) is 0 Å². The largest absolute Gasteiger partial charge is 0.465 e. The van der Waals surface area contributed by atoms with Crippen LogP contribution >= 0.6 is 35.6 Å². The molecule has 0 bridgehead atoms. The van der Waals surface area contributed by atoms with Crippen LogP contribution in [0.25, 0.3) is 0 Å². The van der Waals surface area contributed by atoms with E-state index in [0.29, 0.717) is 29.5 Å². The Balaban J connectivity index is 0.00000200. The van der Waals surface area contributed by atoms with Crippen molar-refractivity contribution in [2.75, 3.05) is 19.7 Å². The Morgan fingerprint density at radius 3 is 2.50 bits per heavy atom. The lowest BCUT2D eigenvalue weighted by Crippen LogP contribution is -2.46. The predicted molar refractivity (Wildman–Crippen MR) is 84.1 cm³/mol. The minimum absolute atomic E-state index is 0. The van der Waals surface area contributed by atoms with Gasteiger partial charge in [0.2, 0.25) is 0 Å². The van der Waals surface area contributed by atoms with Crippen LogP contribution in [0.4, 0.5) is 0 Å². The molecule has 1 saturated heterocycles. The van der Waals surface area contributed by atoms with Gasteiger partial charge in [-0.15, -0.1) is 12.4 Å². The summed E-state index contributed by atoms with van der Waals surface area (Å²) in [5.74, 6) is -0.171. The molecule has 1 heterocycles. The van der Waals surface area contributed by atoms with E-state index in [1.807, 2.05) is 13.0 Å². The minimum atomic E-state index is -0.602. The van der Waals surface area contributed by atoms with Crippen molar-refractivity contribution >= 4 is 41.6 Å². The molecule has 112 valence electrons. The number of carbonyl (C=O) groups is 1. The average Bonchev–Trinajstić information content (AvgIpc) is 2.43. The molecule has 1 fully saturated rings. The lowest BCUT2D eigenvalue weighted by Gasteiger charge is -2.35. The maximum atomic E-state index is 12.4. The Kier molecular flexibility index (Phi) is 6.59. The summed E-state index contributed by atoms with van der Waals surface area (Å²) in [6.07, 6.45) is 1.42. The van der Waals surface area contributed by atoms with E-state index in [9.17, 15) is 4.79 Å². The second-order valence-electron chi connectivity index (χ2n) is 4.68. The van der Waals surface area contributed by atoms with E-state index in [2.05, 4.69) is 5.32 Å². The van der Waals surface area contributed by atoms with Crippen LogP contribution in [0, 0.1) is 0 Å². The summed E-state index contributed by atoms with van der Waals surface area (Å²) in [4.78, 5) is 12.4. The molecule has 1 aromatic rings. The number of benzene rings is 1.